The maximum absolute atomic E-state index is 5.80. The van der Waals surface area contributed by atoms with E-state index in [-0.39, 0.29) is 6.23 Å². The summed E-state index contributed by atoms with van der Waals surface area (Å²) in [5.74, 6) is 0.835. The zero-order chi connectivity index (χ0) is 10.0. The van der Waals surface area contributed by atoms with Gasteiger partial charge in [-0.05, 0) is 25.3 Å². The van der Waals surface area contributed by atoms with Crippen LogP contribution in [0.1, 0.15) is 32.1 Å². The van der Waals surface area contributed by atoms with E-state index >= 15 is 0 Å². The van der Waals surface area contributed by atoms with Gasteiger partial charge in [0.25, 0.3) is 0 Å². The fourth-order valence-corrected chi connectivity index (χ4v) is 2.21. The number of epoxide rings is 1. The molecule has 82 valence electrons. The van der Waals surface area contributed by atoms with Crippen LogP contribution in [0.2, 0.25) is 0 Å². The predicted octanol–water partition coefficient (Wildman–Crippen LogP) is 0.126. The number of hydrogen-bond acceptors (Lipinski definition) is 4. The molecule has 14 heavy (non-hydrogen) atoms. The van der Waals surface area contributed by atoms with E-state index in [0.29, 0.717) is 6.54 Å². The summed E-state index contributed by atoms with van der Waals surface area (Å²) in [5.41, 5.74) is 10.8. The Kier molecular flexibility index (Phi) is 3.07. The third-order valence-corrected chi connectivity index (χ3v) is 3.33. The minimum atomic E-state index is -0.575. The molecule has 2 aliphatic rings. The largest absolute Gasteiger partial charge is 0.333 e. The summed E-state index contributed by atoms with van der Waals surface area (Å²) in [6, 6.07) is 0. The third-order valence-electron chi connectivity index (χ3n) is 3.33. The molecule has 2 rings (SSSR count). The highest BCUT2D eigenvalue weighted by Crippen LogP contribution is 2.26. The van der Waals surface area contributed by atoms with Gasteiger partial charge in [-0.15, -0.1) is 0 Å². The average Bonchev–Trinajstić information content (AvgIpc) is 2.76. The summed E-state index contributed by atoms with van der Waals surface area (Å²) >= 11 is 0. The van der Waals surface area contributed by atoms with Crippen molar-refractivity contribution in [3.05, 3.63) is 0 Å². The van der Waals surface area contributed by atoms with Crippen LogP contribution < -0.4 is 16.8 Å². The topological polar surface area (TPSA) is 76.6 Å². The van der Waals surface area contributed by atoms with Crippen molar-refractivity contribution >= 4 is 0 Å². The summed E-state index contributed by atoms with van der Waals surface area (Å²) in [6.07, 6.45) is 6.63. The van der Waals surface area contributed by atoms with Crippen LogP contribution in [0.15, 0.2) is 0 Å². The van der Waals surface area contributed by atoms with Gasteiger partial charge in [-0.3, -0.25) is 5.73 Å². The molecule has 2 fully saturated rings. The van der Waals surface area contributed by atoms with Gasteiger partial charge >= 0.3 is 0 Å². The molecule has 5 N–H and O–H groups in total. The summed E-state index contributed by atoms with van der Waals surface area (Å²) in [4.78, 5) is 0. The molecule has 1 aliphatic heterocycles. The molecule has 2 atom stereocenters. The standard InChI is InChI=1S/C10H21N3O/c11-9-10(12,14-9)7-13-6-8-4-2-1-3-5-8/h8-9,13H,1-7,11-12H2. The SMILES string of the molecule is NC1OC1(N)CNCC1CCCCC1. The molecule has 0 aromatic rings. The van der Waals surface area contributed by atoms with E-state index in [9.17, 15) is 0 Å². The van der Waals surface area contributed by atoms with E-state index in [2.05, 4.69) is 5.32 Å². The first-order chi connectivity index (χ1) is 6.71. The Morgan fingerprint density at radius 1 is 1.29 bits per heavy atom. The second-order valence-corrected chi connectivity index (χ2v) is 4.63. The smallest absolute Gasteiger partial charge is 0.171 e. The van der Waals surface area contributed by atoms with Crippen molar-refractivity contribution in [1.82, 2.24) is 5.32 Å². The van der Waals surface area contributed by atoms with Crippen molar-refractivity contribution in [3.63, 3.8) is 0 Å². The molecule has 0 aromatic heterocycles. The van der Waals surface area contributed by atoms with Crippen molar-refractivity contribution in [2.45, 2.75) is 44.1 Å². The van der Waals surface area contributed by atoms with E-state index in [4.69, 9.17) is 16.2 Å². The first-order valence-corrected chi connectivity index (χ1v) is 5.64. The molecule has 0 aromatic carbocycles. The highest BCUT2D eigenvalue weighted by Gasteiger charge is 2.50. The van der Waals surface area contributed by atoms with Gasteiger partial charge < -0.3 is 15.8 Å². The zero-order valence-electron chi connectivity index (χ0n) is 8.67. The predicted molar refractivity (Wildman–Crippen MR) is 55.4 cm³/mol. The highest BCUT2D eigenvalue weighted by atomic mass is 16.6. The first kappa shape index (κ1) is 10.4. The molecule has 4 heteroatoms. The minimum Gasteiger partial charge on any atom is -0.333 e. The lowest BCUT2D eigenvalue weighted by Crippen LogP contribution is -2.43. The molecule has 0 bridgehead atoms. The zero-order valence-corrected chi connectivity index (χ0v) is 8.67. The lowest BCUT2D eigenvalue weighted by atomic mass is 9.89. The van der Waals surface area contributed by atoms with Crippen LogP contribution in [-0.2, 0) is 4.74 Å². The van der Waals surface area contributed by atoms with Gasteiger partial charge in [0.15, 0.2) is 12.0 Å². The number of nitrogens with one attached hydrogen (secondary N) is 1. The van der Waals surface area contributed by atoms with Crippen molar-refractivity contribution in [1.29, 1.82) is 0 Å². The Morgan fingerprint density at radius 3 is 2.50 bits per heavy atom. The molecule has 1 saturated carbocycles. The molecule has 2 unspecified atom stereocenters. The molecule has 0 radical (unpaired) electrons. The molecule has 1 saturated heterocycles. The summed E-state index contributed by atoms with van der Waals surface area (Å²) < 4.78 is 5.09. The fourth-order valence-electron chi connectivity index (χ4n) is 2.21. The number of hydrogen-bond donors (Lipinski definition) is 3. The molecule has 1 aliphatic carbocycles. The van der Waals surface area contributed by atoms with Gasteiger partial charge in [0.1, 0.15) is 0 Å². The van der Waals surface area contributed by atoms with E-state index in [1.54, 1.807) is 0 Å². The lowest BCUT2D eigenvalue weighted by Gasteiger charge is -2.22. The monoisotopic (exact) mass is 199 g/mol. The van der Waals surface area contributed by atoms with Gasteiger partial charge in [-0.2, -0.15) is 0 Å². The van der Waals surface area contributed by atoms with Gasteiger partial charge in [0.2, 0.25) is 0 Å². The second-order valence-electron chi connectivity index (χ2n) is 4.63. The van der Waals surface area contributed by atoms with Crippen molar-refractivity contribution in [3.8, 4) is 0 Å². The number of nitrogens with two attached hydrogens (primary N) is 2. The molecule has 0 spiro atoms. The van der Waals surface area contributed by atoms with Crippen LogP contribution >= 0.6 is 0 Å². The van der Waals surface area contributed by atoms with Crippen LogP contribution in [0.4, 0.5) is 0 Å². The van der Waals surface area contributed by atoms with Gasteiger partial charge in [0.05, 0.1) is 0 Å². The van der Waals surface area contributed by atoms with Crippen molar-refractivity contribution < 1.29 is 4.74 Å². The van der Waals surface area contributed by atoms with E-state index < -0.39 is 5.72 Å². The van der Waals surface area contributed by atoms with Crippen molar-refractivity contribution in [2.24, 2.45) is 17.4 Å². The first-order valence-electron chi connectivity index (χ1n) is 5.64. The summed E-state index contributed by atoms with van der Waals surface area (Å²) in [6.45, 7) is 1.75. The highest BCUT2D eigenvalue weighted by molar-refractivity contribution is 4.95. The fraction of sp³-hybridized carbons (Fsp3) is 1.00. The molecule has 0 amide bonds. The molecular formula is C10H21N3O. The Morgan fingerprint density at radius 2 is 1.93 bits per heavy atom. The Hall–Kier alpha value is -0.160. The maximum Gasteiger partial charge on any atom is 0.171 e. The quantitative estimate of drug-likeness (QED) is 0.562. The Labute approximate surface area is 85.4 Å². The van der Waals surface area contributed by atoms with E-state index in [1.165, 1.54) is 32.1 Å². The average molecular weight is 199 g/mol. The van der Waals surface area contributed by atoms with Crippen LogP contribution in [0.3, 0.4) is 0 Å². The number of rotatable bonds is 4. The van der Waals surface area contributed by atoms with Crippen LogP contribution in [-0.4, -0.2) is 25.0 Å². The molecular weight excluding hydrogens is 178 g/mol. The van der Waals surface area contributed by atoms with Crippen LogP contribution in [0.25, 0.3) is 0 Å². The van der Waals surface area contributed by atoms with E-state index in [1.807, 2.05) is 0 Å². The second kappa shape index (κ2) is 4.14. The summed E-state index contributed by atoms with van der Waals surface area (Å²) in [5, 5.41) is 3.36. The summed E-state index contributed by atoms with van der Waals surface area (Å²) in [7, 11) is 0. The Balaban J connectivity index is 1.58. The Bertz CT molecular complexity index is 194. The third kappa shape index (κ3) is 2.45. The van der Waals surface area contributed by atoms with Gasteiger partial charge in [-0.1, -0.05) is 19.3 Å². The van der Waals surface area contributed by atoms with Crippen LogP contribution in [0.5, 0.6) is 0 Å². The van der Waals surface area contributed by atoms with Gasteiger partial charge in [0, 0.05) is 6.54 Å². The normalized spacial score (nSPS) is 38.6. The van der Waals surface area contributed by atoms with E-state index in [0.717, 1.165) is 12.5 Å². The van der Waals surface area contributed by atoms with Crippen LogP contribution in [0, 0.1) is 5.92 Å². The minimum absolute atomic E-state index is 0.263. The number of ether oxygens (including phenoxy) is 1. The van der Waals surface area contributed by atoms with Gasteiger partial charge in [-0.25, -0.2) is 0 Å². The molecule has 4 nitrogen and oxygen atoms in total. The maximum atomic E-state index is 5.80. The van der Waals surface area contributed by atoms with Crippen molar-refractivity contribution in [2.75, 3.05) is 13.1 Å². The lowest BCUT2D eigenvalue weighted by molar-refractivity contribution is 0.276. The molecule has 1 heterocycles.